The van der Waals surface area contributed by atoms with E-state index in [1.807, 2.05) is 12.1 Å². The van der Waals surface area contributed by atoms with E-state index in [2.05, 4.69) is 80.5 Å². The zero-order valence-corrected chi connectivity index (χ0v) is 17.9. The Morgan fingerprint density at radius 3 is 2.07 bits per heavy atom. The van der Waals surface area contributed by atoms with Gasteiger partial charge in [-0.05, 0) is 21.8 Å². The number of carbonyl (C=O) groups is 1. The van der Waals surface area contributed by atoms with Crippen molar-refractivity contribution in [1.82, 2.24) is 5.32 Å². The van der Waals surface area contributed by atoms with E-state index in [4.69, 9.17) is 10.8 Å². The zero-order chi connectivity index (χ0) is 20.2. The molecular formula is C24H29NO2Si. The van der Waals surface area contributed by atoms with Gasteiger partial charge in [-0.2, -0.15) is 0 Å². The molecule has 0 aliphatic carbocycles. The molecule has 0 aromatic heterocycles. The Balaban J connectivity index is 2.09. The van der Waals surface area contributed by atoms with Crippen LogP contribution in [0.2, 0.25) is 5.04 Å². The average Bonchev–Trinajstić information content (AvgIpc) is 2.66. The molecule has 0 radical (unpaired) electrons. The largest absolute Gasteiger partial charge is 0.404 e. The maximum Gasteiger partial charge on any atom is 0.261 e. The Hall–Kier alpha value is -2.35. The van der Waals surface area contributed by atoms with E-state index in [1.165, 1.54) is 10.4 Å². The average molecular weight is 392 g/mol. The highest BCUT2D eigenvalue weighted by Gasteiger charge is 2.52. The van der Waals surface area contributed by atoms with E-state index >= 15 is 0 Å². The fourth-order valence-electron chi connectivity index (χ4n) is 4.26. The topological polar surface area (TPSA) is 38.3 Å². The van der Waals surface area contributed by atoms with Crippen molar-refractivity contribution in [2.24, 2.45) is 0 Å². The van der Waals surface area contributed by atoms with Crippen molar-refractivity contribution < 1.29 is 9.22 Å². The van der Waals surface area contributed by atoms with Crippen LogP contribution in [0.3, 0.4) is 0 Å². The number of piperidine rings is 1. The van der Waals surface area contributed by atoms with E-state index < -0.39 is 8.32 Å². The number of rotatable bonds is 5. The summed E-state index contributed by atoms with van der Waals surface area (Å²) in [4.78, 5) is 12.3. The van der Waals surface area contributed by atoms with Crippen molar-refractivity contribution in [3.63, 3.8) is 0 Å². The van der Waals surface area contributed by atoms with Crippen molar-refractivity contribution in [3.05, 3.63) is 60.7 Å². The third-order valence-corrected chi connectivity index (χ3v) is 10.5. The van der Waals surface area contributed by atoms with Crippen LogP contribution in [0.5, 0.6) is 0 Å². The van der Waals surface area contributed by atoms with Gasteiger partial charge >= 0.3 is 0 Å². The Morgan fingerprint density at radius 1 is 1.07 bits per heavy atom. The highest BCUT2D eigenvalue weighted by atomic mass is 28.4. The first-order valence-corrected chi connectivity index (χ1v) is 11.8. The van der Waals surface area contributed by atoms with Gasteiger partial charge in [0.25, 0.3) is 8.32 Å². The highest BCUT2D eigenvalue weighted by Crippen LogP contribution is 2.38. The van der Waals surface area contributed by atoms with Crippen molar-refractivity contribution in [3.8, 4) is 12.3 Å². The van der Waals surface area contributed by atoms with Crippen molar-refractivity contribution in [2.75, 3.05) is 0 Å². The quantitative estimate of drug-likeness (QED) is 0.628. The normalized spacial score (nSPS) is 20.3. The molecule has 1 fully saturated rings. The maximum atomic E-state index is 12.3. The molecule has 1 heterocycles. The summed E-state index contributed by atoms with van der Waals surface area (Å²) in [5, 5.41) is 5.36. The standard InChI is InChI=1S/C24H29NO2Si/c1-5-12-19-17-20(18-23(26)25-19)27-28(24(2,3)4,21-13-8-6-9-14-21)22-15-10-7-11-16-22/h1,6-11,13-16,19-20H,12,17-18H2,2-4H3,(H,25,26)/t19-,20-/m1/s1. The van der Waals surface area contributed by atoms with Gasteiger partial charge in [-0.15, -0.1) is 12.3 Å². The molecule has 2 aromatic carbocycles. The van der Waals surface area contributed by atoms with Gasteiger partial charge in [0.05, 0.1) is 12.5 Å². The predicted octanol–water partition coefficient (Wildman–Crippen LogP) is 3.23. The lowest BCUT2D eigenvalue weighted by Crippen LogP contribution is -2.68. The lowest BCUT2D eigenvalue weighted by Gasteiger charge is -2.46. The van der Waals surface area contributed by atoms with E-state index in [9.17, 15) is 4.79 Å². The zero-order valence-electron chi connectivity index (χ0n) is 16.9. The first kappa shape index (κ1) is 20.4. The summed E-state index contributed by atoms with van der Waals surface area (Å²) in [5.74, 6) is 2.70. The van der Waals surface area contributed by atoms with Gasteiger partial charge in [-0.25, -0.2) is 0 Å². The van der Waals surface area contributed by atoms with Crippen molar-refractivity contribution in [2.45, 2.75) is 57.2 Å². The fourth-order valence-corrected chi connectivity index (χ4v) is 8.96. The Bertz CT molecular complexity index is 797. The molecule has 3 nitrogen and oxygen atoms in total. The van der Waals surface area contributed by atoms with Crippen LogP contribution < -0.4 is 15.7 Å². The van der Waals surface area contributed by atoms with Crippen molar-refractivity contribution >= 4 is 24.6 Å². The van der Waals surface area contributed by atoms with Gasteiger partial charge in [0.2, 0.25) is 5.91 Å². The molecule has 1 aliphatic heterocycles. The molecule has 4 heteroatoms. The SMILES string of the molecule is C#CC[C@@H]1C[C@@H](O[Si](c2ccccc2)(c2ccccc2)C(C)(C)C)CC(=O)N1. The number of benzene rings is 2. The van der Waals surface area contributed by atoms with Crippen molar-refractivity contribution in [1.29, 1.82) is 0 Å². The molecular weight excluding hydrogens is 362 g/mol. The number of nitrogens with one attached hydrogen (secondary N) is 1. The third-order valence-electron chi connectivity index (χ3n) is 5.45. The molecule has 1 saturated heterocycles. The summed E-state index contributed by atoms with van der Waals surface area (Å²) >= 11 is 0. The highest BCUT2D eigenvalue weighted by molar-refractivity contribution is 6.99. The summed E-state index contributed by atoms with van der Waals surface area (Å²) in [5.41, 5.74) is 0. The monoisotopic (exact) mass is 391 g/mol. The minimum absolute atomic E-state index is 0.0190. The molecule has 2 atom stereocenters. The minimum Gasteiger partial charge on any atom is -0.404 e. The molecule has 3 rings (SSSR count). The van der Waals surface area contributed by atoms with E-state index in [0.717, 1.165) is 6.42 Å². The van der Waals surface area contributed by atoms with Gasteiger partial charge in [-0.3, -0.25) is 4.79 Å². The number of amides is 1. The molecule has 1 amide bonds. The molecule has 0 unspecified atom stereocenters. The number of terminal acetylenes is 1. The molecule has 0 saturated carbocycles. The summed E-state index contributed by atoms with van der Waals surface area (Å²) in [6.45, 7) is 6.75. The number of hydrogen-bond acceptors (Lipinski definition) is 2. The summed E-state index contributed by atoms with van der Waals surface area (Å²) in [6, 6.07) is 21.0. The maximum absolute atomic E-state index is 12.3. The molecule has 146 valence electrons. The van der Waals surface area contributed by atoms with Crippen LogP contribution in [-0.4, -0.2) is 26.4 Å². The minimum atomic E-state index is -2.65. The number of hydrogen-bond donors (Lipinski definition) is 1. The lowest BCUT2D eigenvalue weighted by molar-refractivity contribution is -0.126. The number of carbonyl (C=O) groups excluding carboxylic acids is 1. The van der Waals surface area contributed by atoms with E-state index in [1.54, 1.807) is 0 Å². The smallest absolute Gasteiger partial charge is 0.261 e. The van der Waals surface area contributed by atoms with Crippen LogP contribution in [0.1, 0.15) is 40.0 Å². The first-order valence-electron chi connectivity index (χ1n) is 9.88. The summed E-state index contributed by atoms with van der Waals surface area (Å²) < 4.78 is 7.07. The molecule has 0 spiro atoms. The Morgan fingerprint density at radius 2 is 1.61 bits per heavy atom. The van der Waals surface area contributed by atoms with Gasteiger partial charge in [0.15, 0.2) is 0 Å². The van der Waals surface area contributed by atoms with Crippen LogP contribution >= 0.6 is 0 Å². The first-order chi connectivity index (χ1) is 13.4. The van der Waals surface area contributed by atoms with Crippen LogP contribution in [0, 0.1) is 12.3 Å². The van der Waals surface area contributed by atoms with E-state index in [-0.39, 0.29) is 23.1 Å². The van der Waals surface area contributed by atoms with Gasteiger partial charge < -0.3 is 9.74 Å². The van der Waals surface area contributed by atoms with Crippen LogP contribution in [0.15, 0.2) is 60.7 Å². The van der Waals surface area contributed by atoms with Crippen LogP contribution in [-0.2, 0) is 9.22 Å². The molecule has 2 aromatic rings. The molecule has 28 heavy (non-hydrogen) atoms. The molecule has 0 bridgehead atoms. The van der Waals surface area contributed by atoms with Gasteiger partial charge in [0.1, 0.15) is 0 Å². The molecule has 1 aliphatic rings. The Kier molecular flexibility index (Phi) is 6.07. The Labute approximate surface area is 169 Å². The lowest BCUT2D eigenvalue weighted by atomic mass is 9.99. The second-order valence-corrected chi connectivity index (χ2v) is 12.8. The van der Waals surface area contributed by atoms with E-state index in [0.29, 0.717) is 12.8 Å². The molecule has 1 N–H and O–H groups in total. The predicted molar refractivity (Wildman–Crippen MR) is 117 cm³/mol. The fraction of sp³-hybridized carbons (Fsp3) is 0.375. The summed E-state index contributed by atoms with van der Waals surface area (Å²) in [7, 11) is -2.65. The third kappa shape index (κ3) is 4.06. The van der Waals surface area contributed by atoms with Crippen LogP contribution in [0.4, 0.5) is 0 Å². The second-order valence-electron chi connectivity index (χ2n) is 8.52. The van der Waals surface area contributed by atoms with Crippen LogP contribution in [0.25, 0.3) is 0 Å². The van der Waals surface area contributed by atoms with Gasteiger partial charge in [-0.1, -0.05) is 81.4 Å². The van der Waals surface area contributed by atoms with Gasteiger partial charge in [0, 0.05) is 12.5 Å². The summed E-state index contributed by atoms with van der Waals surface area (Å²) in [6.07, 6.45) is 7.02. The second kappa shape index (κ2) is 8.34.